The Balaban J connectivity index is 1.71. The third-order valence-corrected chi connectivity index (χ3v) is 5.24. The number of rotatable bonds is 4. The van der Waals surface area contributed by atoms with Gasteiger partial charge in [-0.2, -0.15) is 11.8 Å². The highest BCUT2D eigenvalue weighted by Gasteiger charge is 2.13. The second kappa shape index (κ2) is 6.03. The van der Waals surface area contributed by atoms with E-state index in [4.69, 9.17) is 0 Å². The van der Waals surface area contributed by atoms with Gasteiger partial charge in [0.15, 0.2) is 0 Å². The van der Waals surface area contributed by atoms with Crippen LogP contribution in [0.2, 0.25) is 0 Å². The number of hydrogen-bond donors (Lipinski definition) is 1. The molecule has 0 saturated carbocycles. The first kappa shape index (κ1) is 12.4. The Labute approximate surface area is 106 Å². The molecule has 1 aliphatic rings. The molecule has 0 radical (unpaired) electrons. The zero-order chi connectivity index (χ0) is 11.4. The average molecular weight is 256 g/mol. The molecule has 4 heteroatoms. The summed E-state index contributed by atoms with van der Waals surface area (Å²) in [6.07, 6.45) is 2.77. The lowest BCUT2D eigenvalue weighted by Crippen LogP contribution is -2.25. The molecule has 0 unspecified atom stereocenters. The van der Waals surface area contributed by atoms with Gasteiger partial charge in [-0.1, -0.05) is 0 Å². The predicted molar refractivity (Wildman–Crippen MR) is 73.3 cm³/mol. The summed E-state index contributed by atoms with van der Waals surface area (Å²) >= 11 is 3.92. The number of hydrogen-bond acceptors (Lipinski definition) is 4. The smallest absolute Gasteiger partial charge is 0.107 e. The average Bonchev–Trinajstić information content (AvgIpc) is 2.60. The van der Waals surface area contributed by atoms with Crippen molar-refractivity contribution in [1.29, 1.82) is 0 Å². The summed E-state index contributed by atoms with van der Waals surface area (Å²) in [7, 11) is 0. The van der Waals surface area contributed by atoms with Gasteiger partial charge in [-0.15, -0.1) is 11.3 Å². The molecule has 2 heterocycles. The molecule has 1 aromatic heterocycles. The van der Waals surface area contributed by atoms with E-state index in [1.165, 1.54) is 39.9 Å². The molecule has 1 fully saturated rings. The maximum atomic E-state index is 4.54. The Morgan fingerprint density at radius 2 is 2.06 bits per heavy atom. The minimum absolute atomic E-state index is 0.892. The van der Waals surface area contributed by atoms with Crippen LogP contribution in [0.15, 0.2) is 0 Å². The molecule has 0 atom stereocenters. The van der Waals surface area contributed by atoms with E-state index < -0.39 is 0 Å². The number of aryl methyl sites for hydroxylation is 2. The normalized spacial score (nSPS) is 17.9. The lowest BCUT2D eigenvalue weighted by atomic mass is 10.0. The number of thiazole rings is 1. The van der Waals surface area contributed by atoms with Crippen LogP contribution < -0.4 is 5.32 Å². The van der Waals surface area contributed by atoms with Crippen LogP contribution in [0.5, 0.6) is 0 Å². The zero-order valence-electron chi connectivity index (χ0n) is 10.1. The van der Waals surface area contributed by atoms with E-state index in [9.17, 15) is 0 Å². The Bertz CT molecular complexity index is 310. The van der Waals surface area contributed by atoms with Gasteiger partial charge in [-0.25, -0.2) is 4.98 Å². The molecule has 1 N–H and O–H groups in total. The summed E-state index contributed by atoms with van der Waals surface area (Å²) in [5.41, 5.74) is 1.19. The van der Waals surface area contributed by atoms with Crippen molar-refractivity contribution < 1.29 is 0 Å². The lowest BCUT2D eigenvalue weighted by Gasteiger charge is -2.21. The highest BCUT2D eigenvalue weighted by molar-refractivity contribution is 7.99. The largest absolute Gasteiger partial charge is 0.310 e. The summed E-state index contributed by atoms with van der Waals surface area (Å²) in [5.74, 6) is 3.59. The third kappa shape index (κ3) is 3.47. The minimum atomic E-state index is 0.892. The molecule has 90 valence electrons. The number of thioether (sulfide) groups is 1. The Kier molecular flexibility index (Phi) is 4.67. The summed E-state index contributed by atoms with van der Waals surface area (Å²) in [6.45, 7) is 6.35. The van der Waals surface area contributed by atoms with Crippen LogP contribution in [0.4, 0.5) is 0 Å². The Morgan fingerprint density at radius 3 is 2.69 bits per heavy atom. The van der Waals surface area contributed by atoms with E-state index in [2.05, 4.69) is 35.9 Å². The molecule has 1 aromatic rings. The molecular formula is C12H20N2S2. The maximum Gasteiger partial charge on any atom is 0.107 e. The molecular weight excluding hydrogens is 236 g/mol. The first-order chi connectivity index (χ1) is 7.75. The van der Waals surface area contributed by atoms with Crippen LogP contribution in [0, 0.1) is 19.8 Å². The molecule has 0 aromatic carbocycles. The van der Waals surface area contributed by atoms with E-state index in [1.807, 2.05) is 11.3 Å². The van der Waals surface area contributed by atoms with Crippen molar-refractivity contribution in [3.05, 3.63) is 15.6 Å². The fraction of sp³-hybridized carbons (Fsp3) is 0.750. The van der Waals surface area contributed by atoms with Crippen molar-refractivity contribution in [2.75, 3.05) is 18.1 Å². The van der Waals surface area contributed by atoms with E-state index >= 15 is 0 Å². The quantitative estimate of drug-likeness (QED) is 0.896. The van der Waals surface area contributed by atoms with Gasteiger partial charge in [0, 0.05) is 11.4 Å². The van der Waals surface area contributed by atoms with Gasteiger partial charge in [-0.3, -0.25) is 0 Å². The molecule has 0 aliphatic carbocycles. The molecule has 0 bridgehead atoms. The van der Waals surface area contributed by atoms with Crippen molar-refractivity contribution in [3.63, 3.8) is 0 Å². The van der Waals surface area contributed by atoms with E-state index in [-0.39, 0.29) is 0 Å². The molecule has 0 spiro atoms. The second-order valence-electron chi connectivity index (χ2n) is 4.44. The molecule has 16 heavy (non-hydrogen) atoms. The first-order valence-electron chi connectivity index (χ1n) is 5.97. The van der Waals surface area contributed by atoms with Gasteiger partial charge in [0.2, 0.25) is 0 Å². The Hall–Kier alpha value is -0.0600. The van der Waals surface area contributed by atoms with Crippen LogP contribution in [-0.2, 0) is 6.54 Å². The molecule has 0 amide bonds. The Morgan fingerprint density at radius 1 is 1.31 bits per heavy atom. The summed E-state index contributed by atoms with van der Waals surface area (Å²) in [5, 5.41) is 4.79. The van der Waals surface area contributed by atoms with Gasteiger partial charge in [-0.05, 0) is 50.7 Å². The van der Waals surface area contributed by atoms with Gasteiger partial charge in [0.25, 0.3) is 0 Å². The van der Waals surface area contributed by atoms with Crippen LogP contribution in [0.1, 0.15) is 28.4 Å². The fourth-order valence-electron chi connectivity index (χ4n) is 1.95. The van der Waals surface area contributed by atoms with Crippen molar-refractivity contribution in [3.8, 4) is 0 Å². The van der Waals surface area contributed by atoms with E-state index in [0.29, 0.717) is 0 Å². The van der Waals surface area contributed by atoms with Gasteiger partial charge in [0.1, 0.15) is 5.01 Å². The minimum Gasteiger partial charge on any atom is -0.310 e. The lowest BCUT2D eigenvalue weighted by molar-refractivity contribution is 0.447. The molecule has 2 nitrogen and oxygen atoms in total. The van der Waals surface area contributed by atoms with Crippen LogP contribution in [0.3, 0.4) is 0 Å². The first-order valence-corrected chi connectivity index (χ1v) is 7.94. The van der Waals surface area contributed by atoms with Crippen molar-refractivity contribution in [2.24, 2.45) is 5.92 Å². The van der Waals surface area contributed by atoms with Gasteiger partial charge < -0.3 is 5.32 Å². The van der Waals surface area contributed by atoms with E-state index in [0.717, 1.165) is 19.0 Å². The number of nitrogens with one attached hydrogen (secondary N) is 1. The molecule has 1 aliphatic heterocycles. The van der Waals surface area contributed by atoms with Crippen molar-refractivity contribution >= 4 is 23.1 Å². The fourth-order valence-corrected chi connectivity index (χ4v) is 4.06. The highest BCUT2D eigenvalue weighted by Crippen LogP contribution is 2.22. The predicted octanol–water partition coefficient (Wildman–Crippen LogP) is 2.99. The van der Waals surface area contributed by atoms with Gasteiger partial charge >= 0.3 is 0 Å². The van der Waals surface area contributed by atoms with Crippen LogP contribution >= 0.6 is 23.1 Å². The summed E-state index contributed by atoms with van der Waals surface area (Å²) in [4.78, 5) is 5.90. The van der Waals surface area contributed by atoms with Crippen LogP contribution in [0.25, 0.3) is 0 Å². The van der Waals surface area contributed by atoms with Crippen LogP contribution in [-0.4, -0.2) is 23.0 Å². The third-order valence-electron chi connectivity index (χ3n) is 3.12. The van der Waals surface area contributed by atoms with Gasteiger partial charge in [0.05, 0.1) is 5.69 Å². The maximum absolute atomic E-state index is 4.54. The summed E-state index contributed by atoms with van der Waals surface area (Å²) in [6, 6.07) is 0. The molecule has 1 saturated heterocycles. The van der Waals surface area contributed by atoms with E-state index in [1.54, 1.807) is 0 Å². The summed E-state index contributed by atoms with van der Waals surface area (Å²) < 4.78 is 0. The SMILES string of the molecule is Cc1nc(CNCC2CCSCC2)sc1C. The topological polar surface area (TPSA) is 24.9 Å². The van der Waals surface area contributed by atoms with Crippen molar-refractivity contribution in [2.45, 2.75) is 33.2 Å². The number of aromatic nitrogens is 1. The highest BCUT2D eigenvalue weighted by atomic mass is 32.2. The second-order valence-corrected chi connectivity index (χ2v) is 6.95. The zero-order valence-corrected chi connectivity index (χ0v) is 11.7. The number of nitrogens with zero attached hydrogens (tertiary/aromatic N) is 1. The van der Waals surface area contributed by atoms with Crippen molar-refractivity contribution in [1.82, 2.24) is 10.3 Å². The standard InChI is InChI=1S/C12H20N2S2/c1-9-10(2)16-12(14-9)8-13-7-11-3-5-15-6-4-11/h11,13H,3-8H2,1-2H3. The monoisotopic (exact) mass is 256 g/mol. The molecule has 2 rings (SSSR count).